The monoisotopic (exact) mass is 259 g/mol. The van der Waals surface area contributed by atoms with Crippen molar-refractivity contribution in [3.05, 3.63) is 35.4 Å². The maximum atomic E-state index is 12.3. The largest absolute Gasteiger partial charge is 0.416 e. The number of halogens is 3. The summed E-state index contributed by atoms with van der Waals surface area (Å²) in [6, 6.07) is 4.34. The highest BCUT2D eigenvalue weighted by Crippen LogP contribution is 2.29. The van der Waals surface area contributed by atoms with Crippen LogP contribution in [-0.4, -0.2) is 18.4 Å². The van der Waals surface area contributed by atoms with Gasteiger partial charge < -0.3 is 5.32 Å². The number of rotatable bonds is 5. The summed E-state index contributed by atoms with van der Waals surface area (Å²) in [6.45, 7) is 4.55. The zero-order chi connectivity index (χ0) is 13.8. The minimum Gasteiger partial charge on any atom is -0.314 e. The van der Waals surface area contributed by atoms with Gasteiger partial charge in [-0.2, -0.15) is 13.2 Å². The zero-order valence-corrected chi connectivity index (χ0v) is 10.3. The van der Waals surface area contributed by atoms with Gasteiger partial charge in [-0.3, -0.25) is 4.79 Å². The van der Waals surface area contributed by atoms with Crippen molar-refractivity contribution >= 4 is 5.78 Å². The van der Waals surface area contributed by atoms with Crippen molar-refractivity contribution in [2.24, 2.45) is 0 Å². The first-order valence-electron chi connectivity index (χ1n) is 5.78. The van der Waals surface area contributed by atoms with E-state index in [1.807, 2.05) is 13.8 Å². The number of nitrogens with one attached hydrogen (secondary N) is 1. The van der Waals surface area contributed by atoms with Gasteiger partial charge in [0.2, 0.25) is 0 Å². The molecule has 0 heterocycles. The van der Waals surface area contributed by atoms with E-state index in [4.69, 9.17) is 0 Å². The molecule has 1 atom stereocenters. The molecule has 0 spiro atoms. The lowest BCUT2D eigenvalue weighted by Crippen LogP contribution is -2.28. The number of carbonyl (C=O) groups excluding carboxylic acids is 1. The Bertz CT molecular complexity index is 398. The van der Waals surface area contributed by atoms with Crippen molar-refractivity contribution in [2.75, 3.05) is 6.54 Å². The van der Waals surface area contributed by atoms with E-state index in [1.165, 1.54) is 12.1 Å². The fraction of sp³-hybridized carbons (Fsp3) is 0.462. The molecule has 0 aromatic heterocycles. The number of Topliss-reactive ketones (excluding diaryl/α,β-unsaturated/α-hetero) is 1. The van der Waals surface area contributed by atoms with E-state index in [0.717, 1.165) is 18.7 Å². The zero-order valence-electron chi connectivity index (χ0n) is 10.3. The van der Waals surface area contributed by atoms with Crippen LogP contribution >= 0.6 is 0 Å². The van der Waals surface area contributed by atoms with Crippen LogP contribution in [0, 0.1) is 0 Å². The molecule has 1 rings (SSSR count). The molecule has 2 nitrogen and oxygen atoms in total. The summed E-state index contributed by atoms with van der Waals surface area (Å²) in [5.74, 6) is -0.155. The molecule has 0 bridgehead atoms. The molecule has 0 aliphatic carbocycles. The van der Waals surface area contributed by atoms with Crippen LogP contribution in [0.2, 0.25) is 0 Å². The highest BCUT2D eigenvalue weighted by atomic mass is 19.4. The SMILES string of the molecule is CCNC(C)CC(=O)c1ccc(C(F)(F)F)cc1. The van der Waals surface area contributed by atoms with Gasteiger partial charge in [0, 0.05) is 18.0 Å². The van der Waals surface area contributed by atoms with Crippen LogP contribution < -0.4 is 5.32 Å². The molecule has 5 heteroatoms. The van der Waals surface area contributed by atoms with Crippen LogP contribution in [0.5, 0.6) is 0 Å². The van der Waals surface area contributed by atoms with Crippen LogP contribution in [0.25, 0.3) is 0 Å². The van der Waals surface area contributed by atoms with Crippen LogP contribution in [-0.2, 0) is 6.18 Å². The van der Waals surface area contributed by atoms with Crippen molar-refractivity contribution < 1.29 is 18.0 Å². The minimum atomic E-state index is -4.36. The first kappa shape index (κ1) is 14.7. The normalized spacial score (nSPS) is 13.4. The molecular formula is C13H16F3NO. The average molecular weight is 259 g/mol. The molecular weight excluding hydrogens is 243 g/mol. The van der Waals surface area contributed by atoms with Crippen LogP contribution in [0.1, 0.15) is 36.2 Å². The summed E-state index contributed by atoms with van der Waals surface area (Å²) < 4.78 is 37.0. The van der Waals surface area contributed by atoms with E-state index in [9.17, 15) is 18.0 Å². The van der Waals surface area contributed by atoms with Crippen molar-refractivity contribution in [1.82, 2.24) is 5.32 Å². The Kier molecular flexibility index (Phi) is 4.90. The third kappa shape index (κ3) is 4.14. The molecule has 100 valence electrons. The van der Waals surface area contributed by atoms with Gasteiger partial charge in [0.25, 0.3) is 0 Å². The number of alkyl halides is 3. The number of hydrogen-bond acceptors (Lipinski definition) is 2. The molecule has 1 N–H and O–H groups in total. The second kappa shape index (κ2) is 6.00. The van der Waals surface area contributed by atoms with Crippen LogP contribution in [0.15, 0.2) is 24.3 Å². The van der Waals surface area contributed by atoms with Gasteiger partial charge in [0.1, 0.15) is 0 Å². The second-order valence-corrected chi connectivity index (χ2v) is 4.16. The van der Waals surface area contributed by atoms with Gasteiger partial charge in [-0.05, 0) is 25.6 Å². The predicted molar refractivity (Wildman–Crippen MR) is 63.5 cm³/mol. The van der Waals surface area contributed by atoms with Crippen molar-refractivity contribution in [3.8, 4) is 0 Å². The maximum absolute atomic E-state index is 12.3. The third-order valence-corrected chi connectivity index (χ3v) is 2.58. The molecule has 0 aliphatic heterocycles. The summed E-state index contributed by atoms with van der Waals surface area (Å²) in [5, 5.41) is 3.08. The lowest BCUT2D eigenvalue weighted by molar-refractivity contribution is -0.137. The predicted octanol–water partition coefficient (Wildman–Crippen LogP) is 3.28. The Morgan fingerprint density at radius 2 is 1.83 bits per heavy atom. The molecule has 0 saturated carbocycles. The Morgan fingerprint density at radius 1 is 1.28 bits per heavy atom. The fourth-order valence-electron chi connectivity index (χ4n) is 1.66. The lowest BCUT2D eigenvalue weighted by atomic mass is 10.0. The van der Waals surface area contributed by atoms with Crippen LogP contribution in [0.4, 0.5) is 13.2 Å². The summed E-state index contributed by atoms with van der Waals surface area (Å²) >= 11 is 0. The summed E-state index contributed by atoms with van der Waals surface area (Å²) in [4.78, 5) is 11.8. The smallest absolute Gasteiger partial charge is 0.314 e. The molecule has 18 heavy (non-hydrogen) atoms. The van der Waals surface area contributed by atoms with E-state index in [2.05, 4.69) is 5.32 Å². The van der Waals surface area contributed by atoms with E-state index in [1.54, 1.807) is 0 Å². The van der Waals surface area contributed by atoms with E-state index < -0.39 is 11.7 Å². The number of hydrogen-bond donors (Lipinski definition) is 1. The lowest BCUT2D eigenvalue weighted by Gasteiger charge is -2.11. The van der Waals surface area contributed by atoms with Gasteiger partial charge in [0.15, 0.2) is 5.78 Å². The Hall–Kier alpha value is -1.36. The van der Waals surface area contributed by atoms with Gasteiger partial charge in [-0.15, -0.1) is 0 Å². The highest BCUT2D eigenvalue weighted by molar-refractivity contribution is 5.96. The molecule has 0 amide bonds. The summed E-state index contributed by atoms with van der Waals surface area (Å²) in [5.41, 5.74) is -0.425. The van der Waals surface area contributed by atoms with Crippen molar-refractivity contribution in [1.29, 1.82) is 0 Å². The van der Waals surface area contributed by atoms with Crippen molar-refractivity contribution in [2.45, 2.75) is 32.5 Å². The first-order valence-corrected chi connectivity index (χ1v) is 5.78. The first-order chi connectivity index (χ1) is 8.34. The third-order valence-electron chi connectivity index (χ3n) is 2.58. The molecule has 1 unspecified atom stereocenters. The van der Waals surface area contributed by atoms with E-state index in [0.29, 0.717) is 5.56 Å². The summed E-state index contributed by atoms with van der Waals surface area (Å²) in [6.07, 6.45) is -4.09. The summed E-state index contributed by atoms with van der Waals surface area (Å²) in [7, 11) is 0. The highest BCUT2D eigenvalue weighted by Gasteiger charge is 2.30. The van der Waals surface area contributed by atoms with Gasteiger partial charge in [-0.25, -0.2) is 0 Å². The van der Waals surface area contributed by atoms with E-state index in [-0.39, 0.29) is 18.2 Å². The molecule has 0 fully saturated rings. The van der Waals surface area contributed by atoms with E-state index >= 15 is 0 Å². The number of ketones is 1. The second-order valence-electron chi connectivity index (χ2n) is 4.16. The number of carbonyl (C=O) groups is 1. The fourth-order valence-corrected chi connectivity index (χ4v) is 1.66. The maximum Gasteiger partial charge on any atom is 0.416 e. The molecule has 1 aromatic rings. The quantitative estimate of drug-likeness (QED) is 0.822. The van der Waals surface area contributed by atoms with Gasteiger partial charge in [0.05, 0.1) is 5.56 Å². The molecule has 1 aromatic carbocycles. The molecule has 0 saturated heterocycles. The topological polar surface area (TPSA) is 29.1 Å². The standard InChI is InChI=1S/C13H16F3NO/c1-3-17-9(2)8-12(18)10-4-6-11(7-5-10)13(14,15)16/h4-7,9,17H,3,8H2,1-2H3. The number of benzene rings is 1. The van der Waals surface area contributed by atoms with Crippen molar-refractivity contribution in [3.63, 3.8) is 0 Å². The molecule has 0 aliphatic rings. The Balaban J connectivity index is 2.71. The Labute approximate surface area is 104 Å². The van der Waals surface area contributed by atoms with Gasteiger partial charge in [-0.1, -0.05) is 19.1 Å². The molecule has 0 radical (unpaired) electrons. The minimum absolute atomic E-state index is 0.0183. The Morgan fingerprint density at radius 3 is 2.28 bits per heavy atom. The van der Waals surface area contributed by atoms with Gasteiger partial charge >= 0.3 is 6.18 Å². The van der Waals surface area contributed by atoms with Crippen LogP contribution in [0.3, 0.4) is 0 Å². The average Bonchev–Trinajstić information content (AvgIpc) is 2.28.